The summed E-state index contributed by atoms with van der Waals surface area (Å²) in [6, 6.07) is 0. The molecule has 1 heterocycles. The summed E-state index contributed by atoms with van der Waals surface area (Å²) < 4.78 is 22.0. The molecule has 1 atom stereocenters. The third-order valence-corrected chi connectivity index (χ3v) is 3.53. The van der Waals surface area contributed by atoms with Gasteiger partial charge < -0.3 is 0 Å². The van der Waals surface area contributed by atoms with Gasteiger partial charge >= 0.3 is 0 Å². The van der Waals surface area contributed by atoms with Crippen molar-refractivity contribution in [2.24, 2.45) is 0 Å². The Bertz CT molecular complexity index is 303. The minimum absolute atomic E-state index is 0.0463. The minimum atomic E-state index is -2.92. The average molecular weight is 156 g/mol. The molecule has 10 heavy (non-hydrogen) atoms. The van der Waals surface area contributed by atoms with Crippen molar-refractivity contribution in [2.45, 2.75) is 12.2 Å². The lowest BCUT2D eigenvalue weighted by Gasteiger charge is -1.95. The van der Waals surface area contributed by atoms with Gasteiger partial charge in [0, 0.05) is 5.57 Å². The summed E-state index contributed by atoms with van der Waals surface area (Å²) in [7, 11) is -2.92. The van der Waals surface area contributed by atoms with Crippen LogP contribution in [0, 0.1) is 12.3 Å². The molecule has 0 spiro atoms. The highest BCUT2D eigenvalue weighted by atomic mass is 32.2. The highest BCUT2D eigenvalue weighted by Gasteiger charge is 2.26. The Balaban J connectivity index is 3.00. The van der Waals surface area contributed by atoms with Crippen LogP contribution < -0.4 is 0 Å². The Hall–Kier alpha value is -0.750. The van der Waals surface area contributed by atoms with Gasteiger partial charge in [-0.25, -0.2) is 8.42 Å². The Kier molecular flexibility index (Phi) is 1.57. The Morgan fingerprint density at radius 2 is 2.40 bits per heavy atom. The zero-order valence-electron chi connectivity index (χ0n) is 5.66. The molecule has 0 bridgehead atoms. The van der Waals surface area contributed by atoms with Gasteiger partial charge in [0.15, 0.2) is 9.84 Å². The fourth-order valence-electron chi connectivity index (χ4n) is 0.873. The first-order valence-corrected chi connectivity index (χ1v) is 4.66. The number of hydrogen-bond acceptors (Lipinski definition) is 2. The highest BCUT2D eigenvalue weighted by molar-refractivity contribution is 7.92. The smallest absolute Gasteiger partial charge is 0.161 e. The van der Waals surface area contributed by atoms with Crippen LogP contribution in [0.5, 0.6) is 0 Å². The fraction of sp³-hybridized carbons (Fsp3) is 0.429. The summed E-state index contributed by atoms with van der Waals surface area (Å²) in [5, 5.41) is -0.390. The molecule has 1 aliphatic heterocycles. The maximum absolute atomic E-state index is 11.0. The van der Waals surface area contributed by atoms with E-state index in [4.69, 9.17) is 6.42 Å². The van der Waals surface area contributed by atoms with Gasteiger partial charge in [0.25, 0.3) is 0 Å². The summed E-state index contributed by atoms with van der Waals surface area (Å²) in [4.78, 5) is 0. The van der Waals surface area contributed by atoms with E-state index >= 15 is 0 Å². The lowest BCUT2D eigenvalue weighted by atomic mass is 10.3. The van der Waals surface area contributed by atoms with Crippen LogP contribution in [-0.2, 0) is 9.84 Å². The maximum Gasteiger partial charge on any atom is 0.161 e. The van der Waals surface area contributed by atoms with E-state index in [2.05, 4.69) is 5.92 Å². The van der Waals surface area contributed by atoms with Gasteiger partial charge in [-0.05, 0) is 6.92 Å². The molecule has 0 aliphatic carbocycles. The summed E-state index contributed by atoms with van der Waals surface area (Å²) in [5.41, 5.74) is 0.590. The lowest BCUT2D eigenvalue weighted by Crippen LogP contribution is -2.11. The highest BCUT2D eigenvalue weighted by Crippen LogP contribution is 2.17. The zero-order chi connectivity index (χ0) is 7.78. The molecule has 0 aromatic carbocycles. The van der Waals surface area contributed by atoms with Gasteiger partial charge in [-0.15, -0.1) is 6.42 Å². The first-order chi connectivity index (χ1) is 4.56. The molecule has 2 nitrogen and oxygen atoms in total. The summed E-state index contributed by atoms with van der Waals surface area (Å²) >= 11 is 0. The van der Waals surface area contributed by atoms with Crippen molar-refractivity contribution in [1.29, 1.82) is 0 Å². The fourth-order valence-corrected chi connectivity index (χ4v) is 2.12. The molecule has 0 aromatic heterocycles. The second kappa shape index (κ2) is 2.14. The van der Waals surface area contributed by atoms with Crippen LogP contribution in [0.1, 0.15) is 6.92 Å². The predicted molar refractivity (Wildman–Crippen MR) is 40.2 cm³/mol. The Morgan fingerprint density at radius 3 is 2.60 bits per heavy atom. The predicted octanol–water partition coefficient (Wildman–Crippen LogP) is 0.363. The van der Waals surface area contributed by atoms with Gasteiger partial charge in [-0.1, -0.05) is 12.0 Å². The van der Waals surface area contributed by atoms with E-state index in [1.165, 1.54) is 0 Å². The molecule has 3 heteroatoms. The number of rotatable bonds is 0. The second-order valence-corrected chi connectivity index (χ2v) is 4.71. The summed E-state index contributed by atoms with van der Waals surface area (Å²) in [6.45, 7) is 1.64. The third-order valence-electron chi connectivity index (χ3n) is 1.54. The van der Waals surface area contributed by atoms with Crippen LogP contribution in [0.3, 0.4) is 0 Å². The van der Waals surface area contributed by atoms with Crippen LogP contribution in [-0.4, -0.2) is 19.4 Å². The molecule has 0 fully saturated rings. The first-order valence-electron chi connectivity index (χ1n) is 2.95. The maximum atomic E-state index is 11.0. The second-order valence-electron chi connectivity index (χ2n) is 2.35. The summed E-state index contributed by atoms with van der Waals surface area (Å²) in [6.07, 6.45) is 6.65. The lowest BCUT2D eigenvalue weighted by molar-refractivity contribution is 0.596. The minimum Gasteiger partial charge on any atom is -0.228 e. The monoisotopic (exact) mass is 156 g/mol. The van der Waals surface area contributed by atoms with Gasteiger partial charge in [-0.3, -0.25) is 0 Å². The van der Waals surface area contributed by atoms with Crippen molar-refractivity contribution >= 4 is 9.84 Å². The van der Waals surface area contributed by atoms with Crippen LogP contribution >= 0.6 is 0 Å². The van der Waals surface area contributed by atoms with Crippen molar-refractivity contribution < 1.29 is 8.42 Å². The molecule has 0 amide bonds. The van der Waals surface area contributed by atoms with Gasteiger partial charge in [-0.2, -0.15) is 0 Å². The van der Waals surface area contributed by atoms with E-state index in [1.807, 2.05) is 0 Å². The van der Waals surface area contributed by atoms with E-state index in [0.29, 0.717) is 5.57 Å². The molecule has 54 valence electrons. The van der Waals surface area contributed by atoms with Gasteiger partial charge in [0.05, 0.1) is 11.0 Å². The molecular formula is C7H8O2S. The topological polar surface area (TPSA) is 34.1 Å². The molecule has 0 radical (unpaired) electrons. The molecule has 0 aromatic rings. The number of sulfone groups is 1. The molecular weight excluding hydrogens is 148 g/mol. The Morgan fingerprint density at radius 1 is 1.80 bits per heavy atom. The van der Waals surface area contributed by atoms with E-state index in [-0.39, 0.29) is 5.75 Å². The van der Waals surface area contributed by atoms with Gasteiger partial charge in [0.1, 0.15) is 0 Å². The van der Waals surface area contributed by atoms with Crippen LogP contribution in [0.25, 0.3) is 0 Å². The summed E-state index contributed by atoms with van der Waals surface area (Å²) in [5.74, 6) is 2.38. The van der Waals surface area contributed by atoms with Crippen molar-refractivity contribution in [2.75, 3.05) is 5.75 Å². The molecule has 0 saturated carbocycles. The molecule has 0 N–H and O–H groups in total. The molecule has 1 aliphatic rings. The van der Waals surface area contributed by atoms with Crippen LogP contribution in [0.15, 0.2) is 11.6 Å². The van der Waals surface area contributed by atoms with Gasteiger partial charge in [0.2, 0.25) is 0 Å². The van der Waals surface area contributed by atoms with Crippen LogP contribution in [0.2, 0.25) is 0 Å². The quantitative estimate of drug-likeness (QED) is 0.475. The number of hydrogen-bond donors (Lipinski definition) is 0. The average Bonchev–Trinajstić information content (AvgIpc) is 2.08. The standard InChI is InChI=1S/C7H8O2S/c1-3-7-4-6(2)10(8,9)5-7/h1,4,6H,5H2,2H3. The first kappa shape index (κ1) is 7.36. The third kappa shape index (κ3) is 1.07. The number of terminal acetylenes is 1. The SMILES string of the molecule is C#CC1=CC(C)S(=O)(=O)C1. The van der Waals surface area contributed by atoms with E-state index in [1.54, 1.807) is 13.0 Å². The molecule has 1 unspecified atom stereocenters. The Labute approximate surface area is 60.9 Å². The van der Waals surface area contributed by atoms with E-state index in [0.717, 1.165) is 0 Å². The van der Waals surface area contributed by atoms with Crippen molar-refractivity contribution in [3.05, 3.63) is 11.6 Å². The van der Waals surface area contributed by atoms with Crippen molar-refractivity contribution in [3.8, 4) is 12.3 Å². The van der Waals surface area contributed by atoms with Crippen molar-refractivity contribution in [3.63, 3.8) is 0 Å². The molecule has 0 saturated heterocycles. The normalized spacial score (nSPS) is 29.2. The largest absolute Gasteiger partial charge is 0.228 e. The van der Waals surface area contributed by atoms with Crippen molar-refractivity contribution in [1.82, 2.24) is 0 Å². The van der Waals surface area contributed by atoms with E-state index < -0.39 is 15.1 Å². The zero-order valence-corrected chi connectivity index (χ0v) is 6.48. The molecule has 1 rings (SSSR count). The van der Waals surface area contributed by atoms with E-state index in [9.17, 15) is 8.42 Å². The van der Waals surface area contributed by atoms with Crippen LogP contribution in [0.4, 0.5) is 0 Å².